The third-order valence-electron chi connectivity index (χ3n) is 4.50. The number of aromatic amines is 1. The quantitative estimate of drug-likeness (QED) is 0.736. The van der Waals surface area contributed by atoms with Gasteiger partial charge in [0.25, 0.3) is 5.56 Å². The number of likely N-dealkylation sites (N-methyl/N-ethyl adjacent to an activating group) is 1. The van der Waals surface area contributed by atoms with Gasteiger partial charge in [0.2, 0.25) is 5.91 Å². The van der Waals surface area contributed by atoms with Crippen molar-refractivity contribution in [3.05, 3.63) is 28.3 Å². The monoisotopic (exact) mass is 390 g/mol. The SMILES string of the molecule is CCN(CC(=O)N1CCOC1=O)Cc1nc2cc(OC)c(OC)cc2c(=O)[nH]1. The van der Waals surface area contributed by atoms with Crippen molar-refractivity contribution in [2.24, 2.45) is 0 Å². The molecule has 2 aromatic rings. The van der Waals surface area contributed by atoms with Crippen LogP contribution in [0, 0.1) is 0 Å². The van der Waals surface area contributed by atoms with Crippen molar-refractivity contribution < 1.29 is 23.8 Å². The Morgan fingerprint density at radius 3 is 2.61 bits per heavy atom. The van der Waals surface area contributed by atoms with Gasteiger partial charge in [-0.2, -0.15) is 0 Å². The maximum absolute atomic E-state index is 12.5. The molecule has 1 aliphatic rings. The first-order valence-corrected chi connectivity index (χ1v) is 8.81. The molecular formula is C18H22N4O6. The summed E-state index contributed by atoms with van der Waals surface area (Å²) >= 11 is 0. The topological polar surface area (TPSA) is 114 Å². The molecule has 10 heteroatoms. The first-order valence-electron chi connectivity index (χ1n) is 8.81. The Labute approximate surface area is 161 Å². The van der Waals surface area contributed by atoms with E-state index in [1.165, 1.54) is 14.2 Å². The van der Waals surface area contributed by atoms with Crippen LogP contribution < -0.4 is 15.0 Å². The van der Waals surface area contributed by atoms with Crippen LogP contribution in [-0.4, -0.2) is 72.2 Å². The van der Waals surface area contributed by atoms with Crippen LogP contribution in [0.3, 0.4) is 0 Å². The van der Waals surface area contributed by atoms with Crippen molar-refractivity contribution in [1.82, 2.24) is 19.8 Å². The van der Waals surface area contributed by atoms with E-state index in [4.69, 9.17) is 14.2 Å². The zero-order valence-electron chi connectivity index (χ0n) is 16.0. The lowest BCUT2D eigenvalue weighted by atomic mass is 10.2. The van der Waals surface area contributed by atoms with Crippen LogP contribution in [0.1, 0.15) is 12.7 Å². The number of carbonyl (C=O) groups is 2. The molecule has 0 saturated carbocycles. The summed E-state index contributed by atoms with van der Waals surface area (Å²) in [4.78, 5) is 46.4. The van der Waals surface area contributed by atoms with Gasteiger partial charge in [-0.25, -0.2) is 14.7 Å². The molecule has 28 heavy (non-hydrogen) atoms. The minimum absolute atomic E-state index is 0.0132. The molecule has 3 rings (SSSR count). The van der Waals surface area contributed by atoms with Crippen molar-refractivity contribution in [2.45, 2.75) is 13.5 Å². The van der Waals surface area contributed by atoms with Crippen molar-refractivity contribution in [2.75, 3.05) is 40.5 Å². The van der Waals surface area contributed by atoms with Gasteiger partial charge in [0.05, 0.1) is 44.8 Å². The van der Waals surface area contributed by atoms with Gasteiger partial charge in [-0.15, -0.1) is 0 Å². The van der Waals surface area contributed by atoms with Crippen LogP contribution >= 0.6 is 0 Å². The Bertz CT molecular complexity index is 957. The van der Waals surface area contributed by atoms with Gasteiger partial charge in [-0.05, 0) is 12.6 Å². The molecule has 0 aliphatic carbocycles. The molecule has 0 radical (unpaired) electrons. The number of aromatic nitrogens is 2. The first-order chi connectivity index (χ1) is 13.5. The third-order valence-corrected chi connectivity index (χ3v) is 4.50. The van der Waals surface area contributed by atoms with E-state index < -0.39 is 6.09 Å². The molecular weight excluding hydrogens is 368 g/mol. The molecule has 1 N–H and O–H groups in total. The first kappa shape index (κ1) is 19.6. The molecule has 2 heterocycles. The molecule has 150 valence electrons. The van der Waals surface area contributed by atoms with Crippen molar-refractivity contribution >= 4 is 22.9 Å². The summed E-state index contributed by atoms with van der Waals surface area (Å²) in [6, 6.07) is 3.21. The van der Waals surface area contributed by atoms with Crippen molar-refractivity contribution in [1.29, 1.82) is 0 Å². The fourth-order valence-electron chi connectivity index (χ4n) is 2.98. The summed E-state index contributed by atoms with van der Waals surface area (Å²) in [6.07, 6.45) is -0.626. The van der Waals surface area contributed by atoms with Crippen LogP contribution in [0.2, 0.25) is 0 Å². The molecule has 1 aromatic heterocycles. The summed E-state index contributed by atoms with van der Waals surface area (Å²) < 4.78 is 15.3. The number of nitrogens with one attached hydrogen (secondary N) is 1. The number of imide groups is 1. The van der Waals surface area contributed by atoms with E-state index in [0.717, 1.165) is 4.90 Å². The lowest BCUT2D eigenvalue weighted by Crippen LogP contribution is -2.41. The van der Waals surface area contributed by atoms with Crippen LogP contribution in [-0.2, 0) is 16.1 Å². The number of H-pyrrole nitrogens is 1. The number of amides is 2. The molecule has 1 aliphatic heterocycles. The van der Waals surface area contributed by atoms with Crippen molar-refractivity contribution in [3.63, 3.8) is 0 Å². The average Bonchev–Trinajstić information content (AvgIpc) is 3.12. The van der Waals surface area contributed by atoms with Gasteiger partial charge in [0, 0.05) is 6.07 Å². The molecule has 0 unspecified atom stereocenters. The summed E-state index contributed by atoms with van der Waals surface area (Å²) in [5.74, 6) is 0.963. The lowest BCUT2D eigenvalue weighted by Gasteiger charge is -2.21. The smallest absolute Gasteiger partial charge is 0.416 e. The fraction of sp³-hybridized carbons (Fsp3) is 0.444. The predicted molar refractivity (Wildman–Crippen MR) is 99.5 cm³/mol. The summed E-state index contributed by atoms with van der Waals surface area (Å²) in [6.45, 7) is 3.12. The summed E-state index contributed by atoms with van der Waals surface area (Å²) in [7, 11) is 3.00. The van der Waals surface area contributed by atoms with Gasteiger partial charge >= 0.3 is 6.09 Å². The number of carbonyl (C=O) groups excluding carboxylic acids is 2. The number of cyclic esters (lactones) is 1. The lowest BCUT2D eigenvalue weighted by molar-refractivity contribution is -0.129. The number of methoxy groups -OCH3 is 2. The molecule has 10 nitrogen and oxygen atoms in total. The number of fused-ring (bicyclic) bond motifs is 1. The second-order valence-electron chi connectivity index (χ2n) is 6.20. The molecule has 1 fully saturated rings. The van der Waals surface area contributed by atoms with E-state index >= 15 is 0 Å². The molecule has 0 spiro atoms. The number of hydrogen-bond donors (Lipinski definition) is 1. The zero-order chi connectivity index (χ0) is 20.3. The fourth-order valence-corrected chi connectivity index (χ4v) is 2.98. The third kappa shape index (κ3) is 3.91. The summed E-state index contributed by atoms with van der Waals surface area (Å²) in [5.41, 5.74) is 0.147. The molecule has 0 atom stereocenters. The van der Waals surface area contributed by atoms with E-state index in [-0.39, 0.29) is 37.7 Å². The highest BCUT2D eigenvalue weighted by molar-refractivity contribution is 5.94. The minimum atomic E-state index is -0.626. The number of ether oxygens (including phenoxy) is 3. The van der Waals surface area contributed by atoms with Crippen LogP contribution in [0.15, 0.2) is 16.9 Å². The van der Waals surface area contributed by atoms with Crippen LogP contribution in [0.4, 0.5) is 4.79 Å². The van der Waals surface area contributed by atoms with Gasteiger partial charge < -0.3 is 19.2 Å². The summed E-state index contributed by atoms with van der Waals surface area (Å²) in [5, 5.41) is 0.375. The van der Waals surface area contributed by atoms with E-state index in [0.29, 0.717) is 34.8 Å². The van der Waals surface area contributed by atoms with Gasteiger partial charge in [-0.1, -0.05) is 6.92 Å². The average molecular weight is 390 g/mol. The Hall–Kier alpha value is -3.14. The highest BCUT2D eigenvalue weighted by Gasteiger charge is 2.29. The minimum Gasteiger partial charge on any atom is -0.493 e. The normalized spacial score (nSPS) is 13.9. The van der Waals surface area contributed by atoms with E-state index in [2.05, 4.69) is 9.97 Å². The Balaban J connectivity index is 1.82. The van der Waals surface area contributed by atoms with E-state index in [9.17, 15) is 14.4 Å². The molecule has 1 saturated heterocycles. The number of rotatable bonds is 7. The second kappa shape index (κ2) is 8.26. The number of nitrogens with zero attached hydrogens (tertiary/aromatic N) is 3. The van der Waals surface area contributed by atoms with Crippen LogP contribution in [0.25, 0.3) is 10.9 Å². The van der Waals surface area contributed by atoms with Crippen molar-refractivity contribution in [3.8, 4) is 11.5 Å². The van der Waals surface area contributed by atoms with E-state index in [1.54, 1.807) is 17.0 Å². The zero-order valence-corrected chi connectivity index (χ0v) is 16.0. The largest absolute Gasteiger partial charge is 0.493 e. The number of benzene rings is 1. The van der Waals surface area contributed by atoms with Gasteiger partial charge in [0.1, 0.15) is 12.4 Å². The second-order valence-corrected chi connectivity index (χ2v) is 6.20. The predicted octanol–water partition coefficient (Wildman–Crippen LogP) is 0.741. The molecule has 0 bridgehead atoms. The highest BCUT2D eigenvalue weighted by Crippen LogP contribution is 2.29. The number of hydrogen-bond acceptors (Lipinski definition) is 8. The standard InChI is InChI=1S/C18H22N4O6/c1-4-21(10-16(23)22-5-6-28-18(22)25)9-15-19-12-8-14(27-3)13(26-2)7-11(12)17(24)20-15/h7-8H,4-6,9-10H2,1-3H3,(H,19,20,24). The molecule has 1 aromatic carbocycles. The Morgan fingerprint density at radius 2 is 2.00 bits per heavy atom. The van der Waals surface area contributed by atoms with Gasteiger partial charge in [-0.3, -0.25) is 14.5 Å². The Morgan fingerprint density at radius 1 is 1.29 bits per heavy atom. The maximum atomic E-state index is 12.5. The maximum Gasteiger partial charge on any atom is 0.416 e. The van der Waals surface area contributed by atoms with Crippen LogP contribution in [0.5, 0.6) is 11.5 Å². The van der Waals surface area contributed by atoms with E-state index in [1.807, 2.05) is 6.92 Å². The van der Waals surface area contributed by atoms with Gasteiger partial charge in [0.15, 0.2) is 11.5 Å². The molecule has 2 amide bonds. The Kier molecular flexibility index (Phi) is 5.78. The highest BCUT2D eigenvalue weighted by atomic mass is 16.6.